The molecule has 0 aliphatic rings. The van der Waals surface area contributed by atoms with Crippen LogP contribution in [0.5, 0.6) is 11.5 Å². The van der Waals surface area contributed by atoms with Crippen LogP contribution < -0.4 is 9.47 Å². The lowest BCUT2D eigenvalue weighted by atomic mass is 10.1. The molecule has 0 bridgehead atoms. The van der Waals surface area contributed by atoms with Gasteiger partial charge in [-0.25, -0.2) is 0 Å². The molecule has 0 aliphatic heterocycles. The third kappa shape index (κ3) is 5.13. The molecule has 0 saturated carbocycles. The van der Waals surface area contributed by atoms with Crippen LogP contribution in [0.3, 0.4) is 0 Å². The number of amides is 1. The van der Waals surface area contributed by atoms with Gasteiger partial charge in [0.2, 0.25) is 5.91 Å². The molecular weight excluding hydrogens is 354 g/mol. The molecule has 140 valence electrons. The van der Waals surface area contributed by atoms with Crippen LogP contribution in [0, 0.1) is 0 Å². The first-order valence-corrected chi connectivity index (χ1v) is 8.71. The molecule has 5 nitrogen and oxygen atoms in total. The molecule has 0 fully saturated rings. The summed E-state index contributed by atoms with van der Waals surface area (Å²) in [7, 11) is 4.77. The molecule has 2 rings (SSSR count). The Labute approximate surface area is 159 Å². The van der Waals surface area contributed by atoms with E-state index < -0.39 is 6.10 Å². The monoisotopic (exact) mass is 377 g/mol. The Morgan fingerprint density at radius 1 is 1.15 bits per heavy atom. The molecule has 1 atom stereocenters. The molecule has 26 heavy (non-hydrogen) atoms. The molecule has 1 N–H and O–H groups in total. The Hall–Kier alpha value is -2.24. The number of benzene rings is 2. The van der Waals surface area contributed by atoms with Crippen LogP contribution in [-0.4, -0.2) is 43.7 Å². The molecule has 0 aliphatic carbocycles. The minimum absolute atomic E-state index is 0.0514. The number of aliphatic hydroxyl groups is 1. The van der Waals surface area contributed by atoms with Crippen LogP contribution in [0.1, 0.15) is 23.7 Å². The summed E-state index contributed by atoms with van der Waals surface area (Å²) >= 11 is 6.12. The lowest BCUT2D eigenvalue weighted by molar-refractivity contribution is -0.131. The highest BCUT2D eigenvalue weighted by Gasteiger charge is 2.17. The van der Waals surface area contributed by atoms with Crippen molar-refractivity contribution in [2.45, 2.75) is 18.9 Å². The van der Waals surface area contributed by atoms with Gasteiger partial charge in [0, 0.05) is 18.5 Å². The van der Waals surface area contributed by atoms with Crippen LogP contribution in [0.25, 0.3) is 0 Å². The van der Waals surface area contributed by atoms with Crippen molar-refractivity contribution >= 4 is 17.5 Å². The summed E-state index contributed by atoms with van der Waals surface area (Å²) in [6.45, 7) is 0.191. The van der Waals surface area contributed by atoms with Crippen LogP contribution in [0.15, 0.2) is 42.5 Å². The molecule has 0 radical (unpaired) electrons. The third-order valence-electron chi connectivity index (χ3n) is 4.23. The predicted molar refractivity (Wildman–Crippen MR) is 102 cm³/mol. The maximum Gasteiger partial charge on any atom is 0.222 e. The van der Waals surface area contributed by atoms with Crippen molar-refractivity contribution in [2.24, 2.45) is 0 Å². The Morgan fingerprint density at radius 3 is 2.50 bits per heavy atom. The summed E-state index contributed by atoms with van der Waals surface area (Å²) in [5.74, 6) is 1.08. The number of hydrogen-bond acceptors (Lipinski definition) is 4. The fourth-order valence-corrected chi connectivity index (χ4v) is 2.89. The number of aryl methyl sites for hydroxylation is 1. The van der Waals surface area contributed by atoms with Crippen molar-refractivity contribution in [3.05, 3.63) is 58.6 Å². The highest BCUT2D eigenvalue weighted by molar-refractivity contribution is 6.31. The number of nitrogens with zero attached hydrogens (tertiary/aromatic N) is 1. The first kappa shape index (κ1) is 20.1. The third-order valence-corrected chi connectivity index (χ3v) is 4.60. The van der Waals surface area contributed by atoms with E-state index in [9.17, 15) is 9.90 Å². The summed E-state index contributed by atoms with van der Waals surface area (Å²) in [6.07, 6.45) is 0.0813. The molecule has 6 heteroatoms. The van der Waals surface area contributed by atoms with Gasteiger partial charge < -0.3 is 19.5 Å². The van der Waals surface area contributed by atoms with Gasteiger partial charge in [0.1, 0.15) is 0 Å². The number of carbonyl (C=O) groups excluding carboxylic acids is 1. The van der Waals surface area contributed by atoms with E-state index in [-0.39, 0.29) is 12.5 Å². The topological polar surface area (TPSA) is 59.0 Å². The molecule has 0 spiro atoms. The van der Waals surface area contributed by atoms with Crippen molar-refractivity contribution in [2.75, 3.05) is 27.8 Å². The normalized spacial score (nSPS) is 11.7. The second-order valence-corrected chi connectivity index (χ2v) is 6.40. The number of carbonyl (C=O) groups is 1. The molecular formula is C20H24ClNO4. The van der Waals surface area contributed by atoms with Gasteiger partial charge in [-0.3, -0.25) is 4.79 Å². The average Bonchev–Trinajstić information content (AvgIpc) is 2.66. The van der Waals surface area contributed by atoms with Crippen molar-refractivity contribution in [1.82, 2.24) is 4.90 Å². The van der Waals surface area contributed by atoms with Crippen LogP contribution in [0.4, 0.5) is 0 Å². The molecule has 1 amide bonds. The second-order valence-electron chi connectivity index (χ2n) is 6.00. The van der Waals surface area contributed by atoms with Gasteiger partial charge in [-0.2, -0.15) is 0 Å². The summed E-state index contributed by atoms with van der Waals surface area (Å²) in [4.78, 5) is 13.9. The summed E-state index contributed by atoms with van der Waals surface area (Å²) < 4.78 is 10.4. The maximum atomic E-state index is 12.3. The number of methoxy groups -OCH3 is 2. The Kier molecular flexibility index (Phi) is 7.30. The van der Waals surface area contributed by atoms with Crippen LogP contribution >= 0.6 is 11.6 Å². The molecule has 1 unspecified atom stereocenters. The molecule has 0 heterocycles. The Balaban J connectivity index is 1.94. The first-order valence-electron chi connectivity index (χ1n) is 8.33. The zero-order chi connectivity index (χ0) is 19.1. The minimum Gasteiger partial charge on any atom is -0.493 e. The van der Waals surface area contributed by atoms with Crippen molar-refractivity contribution < 1.29 is 19.4 Å². The van der Waals surface area contributed by atoms with E-state index in [1.54, 1.807) is 39.5 Å². The quantitative estimate of drug-likeness (QED) is 0.765. The number of aliphatic hydroxyl groups excluding tert-OH is 1. The Bertz CT molecular complexity index is 750. The lowest BCUT2D eigenvalue weighted by Crippen LogP contribution is -2.31. The number of ether oxygens (including phenoxy) is 2. The highest BCUT2D eigenvalue weighted by Crippen LogP contribution is 2.30. The van der Waals surface area contributed by atoms with E-state index >= 15 is 0 Å². The summed E-state index contributed by atoms with van der Waals surface area (Å²) in [6, 6.07) is 12.7. The van der Waals surface area contributed by atoms with Gasteiger partial charge in [-0.05, 0) is 35.7 Å². The van der Waals surface area contributed by atoms with Crippen LogP contribution in [-0.2, 0) is 11.2 Å². The molecule has 2 aromatic rings. The highest BCUT2D eigenvalue weighted by atomic mass is 35.5. The maximum absolute atomic E-state index is 12.3. The fourth-order valence-electron chi connectivity index (χ4n) is 2.66. The smallest absolute Gasteiger partial charge is 0.222 e. The number of hydrogen-bond donors (Lipinski definition) is 1. The van der Waals surface area contributed by atoms with E-state index in [0.717, 1.165) is 5.56 Å². The lowest BCUT2D eigenvalue weighted by Gasteiger charge is -2.22. The zero-order valence-corrected chi connectivity index (χ0v) is 16.0. The summed E-state index contributed by atoms with van der Waals surface area (Å²) in [5, 5.41) is 11.1. The zero-order valence-electron chi connectivity index (χ0n) is 15.2. The van der Waals surface area contributed by atoms with Crippen molar-refractivity contribution in [3.8, 4) is 11.5 Å². The van der Waals surface area contributed by atoms with E-state index in [0.29, 0.717) is 34.9 Å². The van der Waals surface area contributed by atoms with Gasteiger partial charge in [0.05, 0.1) is 26.9 Å². The minimum atomic E-state index is -0.816. The van der Waals surface area contributed by atoms with E-state index in [1.165, 1.54) is 4.90 Å². The predicted octanol–water partition coefficient (Wildman–Crippen LogP) is 3.48. The van der Waals surface area contributed by atoms with Gasteiger partial charge in [-0.15, -0.1) is 0 Å². The van der Waals surface area contributed by atoms with E-state index in [2.05, 4.69) is 0 Å². The first-order chi connectivity index (χ1) is 12.5. The number of halogens is 1. The van der Waals surface area contributed by atoms with Gasteiger partial charge >= 0.3 is 0 Å². The van der Waals surface area contributed by atoms with Gasteiger partial charge in [-0.1, -0.05) is 35.9 Å². The van der Waals surface area contributed by atoms with E-state index in [1.807, 2.05) is 24.3 Å². The molecule has 2 aromatic carbocycles. The molecule has 0 aromatic heterocycles. The molecule has 0 saturated heterocycles. The van der Waals surface area contributed by atoms with Crippen LogP contribution in [0.2, 0.25) is 5.02 Å². The second kappa shape index (κ2) is 9.46. The van der Waals surface area contributed by atoms with Crippen molar-refractivity contribution in [1.29, 1.82) is 0 Å². The summed E-state index contributed by atoms with van der Waals surface area (Å²) in [5.41, 5.74) is 1.60. The van der Waals surface area contributed by atoms with Gasteiger partial charge in [0.15, 0.2) is 11.5 Å². The largest absolute Gasteiger partial charge is 0.493 e. The Morgan fingerprint density at radius 2 is 1.85 bits per heavy atom. The van der Waals surface area contributed by atoms with Gasteiger partial charge in [0.25, 0.3) is 0 Å². The van der Waals surface area contributed by atoms with Crippen molar-refractivity contribution in [3.63, 3.8) is 0 Å². The number of rotatable bonds is 8. The SMILES string of the molecule is COc1ccc(C(O)CN(C)C(=O)CCc2ccccc2Cl)cc1OC. The fraction of sp³-hybridized carbons (Fsp3) is 0.350. The van der Waals surface area contributed by atoms with E-state index in [4.69, 9.17) is 21.1 Å². The standard InChI is InChI=1S/C20H24ClNO4/c1-22(20(24)11-9-14-6-4-5-7-16(14)21)13-17(23)15-8-10-18(25-2)19(12-15)26-3/h4-8,10,12,17,23H,9,11,13H2,1-3H3. The number of likely N-dealkylation sites (N-methyl/N-ethyl adjacent to an activating group) is 1. The average molecular weight is 378 g/mol.